The minimum atomic E-state index is -1.80. The number of hydrogen-bond acceptors (Lipinski definition) is 7. The summed E-state index contributed by atoms with van der Waals surface area (Å²) in [5.74, 6) is -2.09. The fourth-order valence-electron chi connectivity index (χ4n) is 3.95. The van der Waals surface area contributed by atoms with Crippen molar-refractivity contribution in [1.29, 1.82) is 0 Å². The van der Waals surface area contributed by atoms with Gasteiger partial charge in [-0.2, -0.15) is 0 Å². The van der Waals surface area contributed by atoms with Crippen molar-refractivity contribution in [3.63, 3.8) is 0 Å². The highest BCUT2D eigenvalue weighted by Crippen LogP contribution is 2.36. The van der Waals surface area contributed by atoms with Crippen molar-refractivity contribution < 1.29 is 29.3 Å². The summed E-state index contributed by atoms with van der Waals surface area (Å²) < 4.78 is 11.0. The lowest BCUT2D eigenvalue weighted by Gasteiger charge is -2.36. The van der Waals surface area contributed by atoms with Crippen LogP contribution in [-0.4, -0.2) is 70.1 Å². The second kappa shape index (κ2) is 6.37. The standard InChI is InChI=1S/C18H27NO6/c1-4-18(23)9-11(2)17(3,22)15(20)24-10-12-5-7-19-8-6-13(14(12)19)25-16(18)21/h5,11,13-14,22-23H,4,6-10H2,1-3H3/t11-,13-,14-,17-,18+/m1/s1. The predicted octanol–water partition coefficient (Wildman–Crippen LogP) is 0.388. The van der Waals surface area contributed by atoms with E-state index < -0.39 is 29.1 Å². The second-order valence-corrected chi connectivity index (χ2v) is 7.67. The number of rotatable bonds is 1. The summed E-state index contributed by atoms with van der Waals surface area (Å²) in [6.45, 7) is 6.26. The maximum atomic E-state index is 12.7. The maximum Gasteiger partial charge on any atom is 0.338 e. The van der Waals surface area contributed by atoms with Gasteiger partial charge in [-0.25, -0.2) is 9.59 Å². The van der Waals surface area contributed by atoms with Crippen LogP contribution >= 0.6 is 0 Å². The Bertz CT molecular complexity index is 600. The van der Waals surface area contributed by atoms with Gasteiger partial charge >= 0.3 is 11.9 Å². The number of carbonyl (C=O) groups excluding carboxylic acids is 2. The number of nitrogens with zero attached hydrogens (tertiary/aromatic N) is 1. The zero-order chi connectivity index (χ0) is 18.4. The molecule has 0 radical (unpaired) electrons. The molecule has 140 valence electrons. The van der Waals surface area contributed by atoms with Gasteiger partial charge in [0.05, 0.1) is 6.04 Å². The van der Waals surface area contributed by atoms with Crippen LogP contribution in [0.5, 0.6) is 0 Å². The Morgan fingerprint density at radius 1 is 1.32 bits per heavy atom. The molecule has 0 bridgehead atoms. The Morgan fingerprint density at radius 2 is 2.04 bits per heavy atom. The largest absolute Gasteiger partial charge is 0.459 e. The van der Waals surface area contributed by atoms with Crippen molar-refractivity contribution in [3.8, 4) is 0 Å². The van der Waals surface area contributed by atoms with Crippen molar-refractivity contribution in [2.45, 2.75) is 63.4 Å². The molecular formula is C18H27NO6. The highest BCUT2D eigenvalue weighted by Gasteiger charge is 2.49. The maximum absolute atomic E-state index is 12.7. The van der Waals surface area contributed by atoms with Crippen LogP contribution in [-0.2, 0) is 19.1 Å². The van der Waals surface area contributed by atoms with Gasteiger partial charge in [-0.15, -0.1) is 0 Å². The summed E-state index contributed by atoms with van der Waals surface area (Å²) in [4.78, 5) is 27.3. The Hall–Kier alpha value is -1.44. The Balaban J connectivity index is 1.93. The number of ether oxygens (including phenoxy) is 2. The first kappa shape index (κ1) is 18.4. The zero-order valence-corrected chi connectivity index (χ0v) is 15.0. The van der Waals surface area contributed by atoms with E-state index in [2.05, 4.69) is 4.90 Å². The van der Waals surface area contributed by atoms with Crippen LogP contribution in [0.3, 0.4) is 0 Å². The zero-order valence-electron chi connectivity index (χ0n) is 15.0. The fraction of sp³-hybridized carbons (Fsp3) is 0.778. The van der Waals surface area contributed by atoms with E-state index in [1.54, 1.807) is 13.8 Å². The van der Waals surface area contributed by atoms with E-state index in [1.165, 1.54) is 6.92 Å². The van der Waals surface area contributed by atoms with Crippen LogP contribution in [0.15, 0.2) is 11.6 Å². The average molecular weight is 353 g/mol. The van der Waals surface area contributed by atoms with Crippen LogP contribution in [0, 0.1) is 5.92 Å². The van der Waals surface area contributed by atoms with E-state index in [0.717, 1.165) is 18.7 Å². The normalized spacial score (nSPS) is 42.8. The first-order valence-corrected chi connectivity index (χ1v) is 8.95. The molecule has 0 aromatic carbocycles. The lowest BCUT2D eigenvalue weighted by molar-refractivity contribution is -0.183. The molecule has 2 fully saturated rings. The topological polar surface area (TPSA) is 96.3 Å². The van der Waals surface area contributed by atoms with Crippen molar-refractivity contribution in [2.24, 2.45) is 5.92 Å². The number of hydrogen-bond donors (Lipinski definition) is 2. The minimum absolute atomic E-state index is 0.0752. The van der Waals surface area contributed by atoms with Gasteiger partial charge < -0.3 is 19.7 Å². The molecule has 7 nitrogen and oxygen atoms in total. The van der Waals surface area contributed by atoms with Crippen LogP contribution < -0.4 is 0 Å². The molecule has 3 aliphatic heterocycles. The van der Waals surface area contributed by atoms with Crippen molar-refractivity contribution in [1.82, 2.24) is 4.90 Å². The highest BCUT2D eigenvalue weighted by molar-refractivity contribution is 5.81. The third-order valence-corrected chi connectivity index (χ3v) is 6.02. The van der Waals surface area contributed by atoms with Crippen LogP contribution in [0.1, 0.15) is 40.0 Å². The quantitative estimate of drug-likeness (QED) is 0.520. The number of carbonyl (C=O) groups is 2. The molecule has 5 atom stereocenters. The molecule has 0 unspecified atom stereocenters. The SMILES string of the molecule is CC[C@]1(O)C[C@@H](C)[C@@](C)(O)C(=O)OCC2=CCN3CC[C@@H](OC1=O)[C@@H]23. The highest BCUT2D eigenvalue weighted by atomic mass is 16.6. The van der Waals surface area contributed by atoms with Gasteiger partial charge in [-0.3, -0.25) is 4.90 Å². The Labute approximate surface area is 147 Å². The van der Waals surface area contributed by atoms with Gasteiger partial charge in [0, 0.05) is 13.1 Å². The van der Waals surface area contributed by atoms with E-state index in [4.69, 9.17) is 9.47 Å². The fourth-order valence-corrected chi connectivity index (χ4v) is 3.95. The smallest absolute Gasteiger partial charge is 0.338 e. The van der Waals surface area contributed by atoms with Crippen LogP contribution in [0.2, 0.25) is 0 Å². The number of esters is 2. The molecule has 0 spiro atoms. The molecule has 2 N–H and O–H groups in total. The first-order chi connectivity index (χ1) is 11.7. The molecular weight excluding hydrogens is 326 g/mol. The third-order valence-electron chi connectivity index (χ3n) is 6.02. The van der Waals surface area contributed by atoms with E-state index >= 15 is 0 Å². The Morgan fingerprint density at radius 3 is 2.72 bits per heavy atom. The molecule has 0 aliphatic carbocycles. The summed E-state index contributed by atoms with van der Waals surface area (Å²) in [7, 11) is 0. The van der Waals surface area contributed by atoms with Gasteiger partial charge in [0.25, 0.3) is 0 Å². The molecule has 0 aromatic rings. The van der Waals surface area contributed by atoms with E-state index in [9.17, 15) is 19.8 Å². The van der Waals surface area contributed by atoms with Crippen molar-refractivity contribution in [2.75, 3.05) is 19.7 Å². The van der Waals surface area contributed by atoms with Crippen LogP contribution in [0.25, 0.3) is 0 Å². The second-order valence-electron chi connectivity index (χ2n) is 7.67. The van der Waals surface area contributed by atoms with Gasteiger partial charge in [-0.1, -0.05) is 19.9 Å². The van der Waals surface area contributed by atoms with Gasteiger partial charge in [-0.05, 0) is 37.7 Å². The monoisotopic (exact) mass is 353 g/mol. The molecule has 7 heteroatoms. The van der Waals surface area contributed by atoms with Crippen LogP contribution in [0.4, 0.5) is 0 Å². The molecule has 3 rings (SSSR count). The van der Waals surface area contributed by atoms with E-state index in [0.29, 0.717) is 6.42 Å². The molecule has 3 aliphatic rings. The molecule has 0 saturated carbocycles. The Kier molecular flexibility index (Phi) is 4.68. The average Bonchev–Trinajstić information content (AvgIpc) is 3.14. The summed E-state index contributed by atoms with van der Waals surface area (Å²) >= 11 is 0. The van der Waals surface area contributed by atoms with E-state index in [1.807, 2.05) is 6.08 Å². The number of aliphatic hydroxyl groups is 2. The molecule has 0 amide bonds. The van der Waals surface area contributed by atoms with Gasteiger partial charge in [0.2, 0.25) is 0 Å². The third kappa shape index (κ3) is 3.09. The molecule has 0 aromatic heterocycles. The van der Waals surface area contributed by atoms with Gasteiger partial charge in [0.15, 0.2) is 11.2 Å². The minimum Gasteiger partial charge on any atom is -0.459 e. The first-order valence-electron chi connectivity index (χ1n) is 8.95. The summed E-state index contributed by atoms with van der Waals surface area (Å²) in [5, 5.41) is 21.4. The van der Waals surface area contributed by atoms with Gasteiger partial charge in [0.1, 0.15) is 12.7 Å². The molecule has 3 heterocycles. The van der Waals surface area contributed by atoms with Crippen molar-refractivity contribution in [3.05, 3.63) is 11.6 Å². The predicted molar refractivity (Wildman–Crippen MR) is 88.5 cm³/mol. The van der Waals surface area contributed by atoms with E-state index in [-0.39, 0.29) is 31.6 Å². The lowest BCUT2D eigenvalue weighted by atomic mass is 9.80. The lowest BCUT2D eigenvalue weighted by Crippen LogP contribution is -2.51. The summed E-state index contributed by atoms with van der Waals surface area (Å²) in [6, 6.07) is -0.125. The summed E-state index contributed by atoms with van der Waals surface area (Å²) in [6.07, 6.45) is 2.38. The van der Waals surface area contributed by atoms with Crippen molar-refractivity contribution >= 4 is 11.9 Å². The molecule has 25 heavy (non-hydrogen) atoms. The molecule has 2 saturated heterocycles. The number of cyclic esters (lactones) is 1. The summed E-state index contributed by atoms with van der Waals surface area (Å²) in [5.41, 5.74) is -2.65.